The van der Waals surface area contributed by atoms with Gasteiger partial charge in [-0.1, -0.05) is 67.1 Å². The number of anilines is 1. The van der Waals surface area contributed by atoms with E-state index in [0.717, 1.165) is 25.8 Å². The lowest BCUT2D eigenvalue weighted by Crippen LogP contribution is -2.32. The summed E-state index contributed by atoms with van der Waals surface area (Å²) in [6.45, 7) is 1.66. The SMILES string of the molecule is CCOC(=O)Cn1c2c(sc1=O)[C@@H](c1ccc(Br)cc1)[C@@H]1C(=O)N(c3ccc(Br)cc3)C(=O)[C@@H]1S2. The van der Waals surface area contributed by atoms with Crippen LogP contribution in [-0.2, 0) is 25.7 Å². The standard InChI is InChI=1S/C24H18Br2N2O5S2/c1-2-33-16(29)11-27-23-20(35-24(27)32)17(12-3-5-13(25)6-4-12)18-19(34-23)22(31)28(21(18)30)15-9-7-14(26)8-10-15/h3-10,17-19H,2,11H2,1H3/t17-,18-,19+/m0/s1. The van der Waals surface area contributed by atoms with Crippen LogP contribution in [0.5, 0.6) is 0 Å². The zero-order valence-electron chi connectivity index (χ0n) is 18.3. The van der Waals surface area contributed by atoms with Gasteiger partial charge in [0, 0.05) is 19.7 Å². The molecule has 1 aromatic heterocycles. The van der Waals surface area contributed by atoms with Gasteiger partial charge in [-0.15, -0.1) is 0 Å². The predicted molar refractivity (Wildman–Crippen MR) is 141 cm³/mol. The molecule has 0 bridgehead atoms. The molecule has 1 saturated heterocycles. The molecule has 0 unspecified atom stereocenters. The Balaban J connectivity index is 1.64. The van der Waals surface area contributed by atoms with Crippen molar-refractivity contribution in [2.75, 3.05) is 11.5 Å². The zero-order chi connectivity index (χ0) is 24.9. The molecule has 0 N–H and O–H groups in total. The quantitative estimate of drug-likeness (QED) is 0.295. The maximum Gasteiger partial charge on any atom is 0.326 e. The van der Waals surface area contributed by atoms with Gasteiger partial charge in [-0.3, -0.25) is 23.7 Å². The first-order chi connectivity index (χ1) is 16.8. The highest BCUT2D eigenvalue weighted by Gasteiger charge is 2.56. The smallest absolute Gasteiger partial charge is 0.326 e. The number of halogens is 2. The van der Waals surface area contributed by atoms with E-state index in [9.17, 15) is 19.2 Å². The summed E-state index contributed by atoms with van der Waals surface area (Å²) in [5.41, 5.74) is 1.33. The van der Waals surface area contributed by atoms with E-state index in [1.165, 1.54) is 21.2 Å². The Morgan fingerprint density at radius 1 is 0.971 bits per heavy atom. The lowest BCUT2D eigenvalue weighted by molar-refractivity contribution is -0.144. The molecular weight excluding hydrogens is 620 g/mol. The number of hydrogen-bond donors (Lipinski definition) is 0. The Hall–Kier alpha value is -2.21. The Morgan fingerprint density at radius 2 is 1.60 bits per heavy atom. The molecule has 2 aromatic carbocycles. The summed E-state index contributed by atoms with van der Waals surface area (Å²) < 4.78 is 8.13. The van der Waals surface area contributed by atoms with Crippen LogP contribution in [0, 0.1) is 5.92 Å². The molecule has 3 atom stereocenters. The van der Waals surface area contributed by atoms with E-state index in [2.05, 4.69) is 31.9 Å². The summed E-state index contributed by atoms with van der Waals surface area (Å²) >= 11 is 9.03. The number of rotatable bonds is 5. The van der Waals surface area contributed by atoms with Crippen molar-refractivity contribution in [2.45, 2.75) is 29.7 Å². The van der Waals surface area contributed by atoms with Crippen molar-refractivity contribution in [2.24, 2.45) is 5.92 Å². The summed E-state index contributed by atoms with van der Waals surface area (Å²) in [6.07, 6.45) is 0. The molecule has 180 valence electrons. The minimum absolute atomic E-state index is 0.203. The molecular formula is C24H18Br2N2O5S2. The second-order valence-electron chi connectivity index (χ2n) is 8.01. The molecule has 0 aliphatic carbocycles. The molecule has 0 spiro atoms. The van der Waals surface area contributed by atoms with Crippen LogP contribution < -0.4 is 9.77 Å². The van der Waals surface area contributed by atoms with Crippen LogP contribution in [-0.4, -0.2) is 34.2 Å². The second-order valence-corrected chi connectivity index (χ2v) is 12.0. The number of carbonyl (C=O) groups excluding carboxylic acids is 3. The largest absolute Gasteiger partial charge is 0.465 e. The summed E-state index contributed by atoms with van der Waals surface area (Å²) in [5, 5.41) is -0.184. The van der Waals surface area contributed by atoms with E-state index < -0.39 is 23.1 Å². The van der Waals surface area contributed by atoms with Crippen molar-refractivity contribution < 1.29 is 19.1 Å². The Morgan fingerprint density at radius 3 is 2.23 bits per heavy atom. The third kappa shape index (κ3) is 4.32. The number of carbonyl (C=O) groups is 3. The number of imide groups is 1. The van der Waals surface area contributed by atoms with Gasteiger partial charge >= 0.3 is 10.8 Å². The lowest BCUT2D eigenvalue weighted by atomic mass is 9.83. The summed E-state index contributed by atoms with van der Waals surface area (Å²) in [7, 11) is 0. The van der Waals surface area contributed by atoms with Gasteiger partial charge in [0.15, 0.2) is 0 Å². The minimum atomic E-state index is -0.727. The predicted octanol–water partition coefficient (Wildman–Crippen LogP) is 4.79. The molecule has 5 rings (SSSR count). The van der Waals surface area contributed by atoms with Crippen molar-refractivity contribution in [1.82, 2.24) is 4.57 Å². The lowest BCUT2D eigenvalue weighted by Gasteiger charge is -2.30. The van der Waals surface area contributed by atoms with E-state index in [0.29, 0.717) is 15.6 Å². The van der Waals surface area contributed by atoms with Gasteiger partial charge < -0.3 is 4.74 Å². The van der Waals surface area contributed by atoms with E-state index in [-0.39, 0.29) is 29.8 Å². The number of esters is 1. The number of thiazole rings is 1. The van der Waals surface area contributed by atoms with Crippen LogP contribution in [0.2, 0.25) is 0 Å². The summed E-state index contributed by atoms with van der Waals surface area (Å²) in [5.74, 6) is -2.34. The molecule has 2 aliphatic rings. The number of amides is 2. The average molecular weight is 638 g/mol. The number of thioether (sulfide) groups is 1. The topological polar surface area (TPSA) is 85.7 Å². The first kappa shape index (κ1) is 24.5. The van der Waals surface area contributed by atoms with Gasteiger partial charge in [-0.2, -0.15) is 0 Å². The fraction of sp³-hybridized carbons (Fsp3) is 0.250. The fourth-order valence-corrected chi connectivity index (χ4v) is 7.77. The van der Waals surface area contributed by atoms with Crippen molar-refractivity contribution in [3.63, 3.8) is 0 Å². The molecule has 2 aliphatic heterocycles. The maximum absolute atomic E-state index is 13.8. The van der Waals surface area contributed by atoms with Crippen molar-refractivity contribution in [3.05, 3.63) is 77.6 Å². The van der Waals surface area contributed by atoms with E-state index in [1.54, 1.807) is 31.2 Å². The van der Waals surface area contributed by atoms with Crippen molar-refractivity contribution in [1.29, 1.82) is 0 Å². The second kappa shape index (κ2) is 9.68. The monoisotopic (exact) mass is 636 g/mol. The Kier molecular flexibility index (Phi) is 6.77. The van der Waals surface area contributed by atoms with Gasteiger partial charge in [0.05, 0.1) is 23.2 Å². The highest BCUT2D eigenvalue weighted by Crippen LogP contribution is 2.53. The van der Waals surface area contributed by atoms with Crippen LogP contribution in [0.25, 0.3) is 0 Å². The van der Waals surface area contributed by atoms with Crippen LogP contribution in [0.15, 0.2) is 67.3 Å². The number of benzene rings is 2. The molecule has 35 heavy (non-hydrogen) atoms. The number of hydrogen-bond acceptors (Lipinski definition) is 7. The third-order valence-electron chi connectivity index (χ3n) is 5.96. The molecule has 0 radical (unpaired) electrons. The van der Waals surface area contributed by atoms with Gasteiger partial charge in [0.25, 0.3) is 0 Å². The van der Waals surface area contributed by atoms with Crippen molar-refractivity contribution >= 4 is 78.4 Å². The zero-order valence-corrected chi connectivity index (χ0v) is 23.1. The molecule has 11 heteroatoms. The van der Waals surface area contributed by atoms with E-state index in [4.69, 9.17) is 4.74 Å². The highest BCUT2D eigenvalue weighted by molar-refractivity contribution is 9.10. The van der Waals surface area contributed by atoms with Crippen LogP contribution in [0.4, 0.5) is 5.69 Å². The highest BCUT2D eigenvalue weighted by atomic mass is 79.9. The van der Waals surface area contributed by atoms with Gasteiger partial charge in [0.1, 0.15) is 11.8 Å². The molecule has 7 nitrogen and oxygen atoms in total. The molecule has 3 heterocycles. The van der Waals surface area contributed by atoms with Gasteiger partial charge in [-0.05, 0) is 48.9 Å². The molecule has 0 saturated carbocycles. The van der Waals surface area contributed by atoms with Crippen LogP contribution in [0.1, 0.15) is 23.3 Å². The Labute approximate surface area is 225 Å². The number of nitrogens with zero attached hydrogens (tertiary/aromatic N) is 2. The van der Waals surface area contributed by atoms with E-state index >= 15 is 0 Å². The molecule has 3 aromatic rings. The minimum Gasteiger partial charge on any atom is -0.465 e. The third-order valence-corrected chi connectivity index (χ3v) is 9.62. The summed E-state index contributed by atoms with van der Waals surface area (Å²) in [6, 6.07) is 14.6. The number of aromatic nitrogens is 1. The Bertz CT molecular complexity index is 1380. The first-order valence-corrected chi connectivity index (χ1v) is 14.0. The summed E-state index contributed by atoms with van der Waals surface area (Å²) in [4.78, 5) is 54.2. The number of fused-ring (bicyclic) bond motifs is 2. The van der Waals surface area contributed by atoms with Gasteiger partial charge in [0.2, 0.25) is 11.8 Å². The normalized spacial score (nSPS) is 21.1. The average Bonchev–Trinajstić information content (AvgIpc) is 3.27. The number of ether oxygens (including phenoxy) is 1. The molecule has 1 fully saturated rings. The van der Waals surface area contributed by atoms with Crippen molar-refractivity contribution in [3.8, 4) is 0 Å². The molecule has 2 amide bonds. The van der Waals surface area contributed by atoms with Crippen LogP contribution in [0.3, 0.4) is 0 Å². The fourth-order valence-electron chi connectivity index (χ4n) is 4.46. The van der Waals surface area contributed by atoms with E-state index in [1.807, 2.05) is 24.3 Å². The maximum atomic E-state index is 13.8. The van der Waals surface area contributed by atoms with Crippen LogP contribution >= 0.6 is 55.0 Å². The van der Waals surface area contributed by atoms with Gasteiger partial charge in [-0.25, -0.2) is 4.90 Å². The first-order valence-electron chi connectivity index (χ1n) is 10.7.